The van der Waals surface area contributed by atoms with Crippen LogP contribution in [0.3, 0.4) is 0 Å². The number of carbonyl (C=O) groups is 1. The molecule has 0 saturated carbocycles. The summed E-state index contributed by atoms with van der Waals surface area (Å²) in [5, 5.41) is 0.0739. The molecule has 0 heterocycles. The summed E-state index contributed by atoms with van der Waals surface area (Å²) < 4.78 is 10.6. The SMILES string of the molecule is C=C(C)C(=O)OCCC(C)(C)[Si]OCCC. The molecule has 0 spiro atoms. The van der Waals surface area contributed by atoms with Crippen LogP contribution in [-0.2, 0) is 14.0 Å². The fourth-order valence-electron chi connectivity index (χ4n) is 0.922. The Morgan fingerprint density at radius 3 is 2.50 bits per heavy atom. The average Bonchev–Trinajstić information content (AvgIpc) is 2.17. The Labute approximate surface area is 101 Å². The van der Waals surface area contributed by atoms with E-state index < -0.39 is 0 Å². The standard InChI is InChI=1S/C12H22O3Si/c1-6-8-15-16-12(4,5)7-9-14-11(13)10(2)3/h2,6-9H2,1,3-5H3. The number of rotatable bonds is 8. The van der Waals surface area contributed by atoms with Crippen molar-refractivity contribution in [3.63, 3.8) is 0 Å². The molecule has 0 aliphatic carbocycles. The van der Waals surface area contributed by atoms with Gasteiger partial charge in [0.05, 0.1) is 6.61 Å². The first-order chi connectivity index (χ1) is 7.39. The van der Waals surface area contributed by atoms with Crippen molar-refractivity contribution in [1.82, 2.24) is 0 Å². The Balaban J connectivity index is 3.73. The second-order valence-electron chi connectivity index (χ2n) is 4.50. The van der Waals surface area contributed by atoms with Crippen molar-refractivity contribution < 1.29 is 14.0 Å². The van der Waals surface area contributed by atoms with E-state index in [0.717, 1.165) is 19.4 Å². The highest BCUT2D eigenvalue weighted by Crippen LogP contribution is 2.27. The highest BCUT2D eigenvalue weighted by atomic mass is 28.2. The molecule has 2 radical (unpaired) electrons. The molecule has 92 valence electrons. The van der Waals surface area contributed by atoms with E-state index in [2.05, 4.69) is 27.4 Å². The quantitative estimate of drug-likeness (QED) is 0.284. The molecule has 0 N–H and O–H groups in total. The summed E-state index contributed by atoms with van der Waals surface area (Å²) in [6, 6.07) is 0. The van der Waals surface area contributed by atoms with E-state index in [-0.39, 0.29) is 11.0 Å². The molecular formula is C12H22O3Si. The van der Waals surface area contributed by atoms with Crippen LogP contribution in [-0.4, -0.2) is 28.9 Å². The van der Waals surface area contributed by atoms with Gasteiger partial charge in [-0.1, -0.05) is 27.4 Å². The van der Waals surface area contributed by atoms with E-state index in [1.807, 2.05) is 0 Å². The molecule has 0 aliphatic heterocycles. The second-order valence-corrected chi connectivity index (χ2v) is 6.35. The van der Waals surface area contributed by atoms with Crippen LogP contribution in [0.5, 0.6) is 0 Å². The molecule has 0 fully saturated rings. The first-order valence-electron chi connectivity index (χ1n) is 5.60. The van der Waals surface area contributed by atoms with Gasteiger partial charge in [-0.3, -0.25) is 0 Å². The molecule has 0 aliphatic rings. The van der Waals surface area contributed by atoms with Gasteiger partial charge in [0, 0.05) is 12.2 Å². The van der Waals surface area contributed by atoms with Crippen LogP contribution >= 0.6 is 0 Å². The topological polar surface area (TPSA) is 35.5 Å². The van der Waals surface area contributed by atoms with Gasteiger partial charge in [0.25, 0.3) is 0 Å². The first-order valence-corrected chi connectivity index (χ1v) is 6.51. The van der Waals surface area contributed by atoms with E-state index in [1.54, 1.807) is 6.92 Å². The van der Waals surface area contributed by atoms with Crippen LogP contribution in [0.4, 0.5) is 0 Å². The van der Waals surface area contributed by atoms with Crippen LogP contribution in [0.15, 0.2) is 12.2 Å². The summed E-state index contributed by atoms with van der Waals surface area (Å²) in [7, 11) is 0.450. The lowest BCUT2D eigenvalue weighted by atomic mass is 10.1. The summed E-state index contributed by atoms with van der Waals surface area (Å²) in [5.41, 5.74) is 0.447. The third-order valence-electron chi connectivity index (χ3n) is 1.96. The molecule has 0 aromatic rings. The highest BCUT2D eigenvalue weighted by molar-refractivity contribution is 6.31. The minimum absolute atomic E-state index is 0.0739. The minimum Gasteiger partial charge on any atom is -0.462 e. The molecule has 0 rings (SSSR count). The summed E-state index contributed by atoms with van der Waals surface area (Å²) in [4.78, 5) is 11.1. The average molecular weight is 242 g/mol. The van der Waals surface area contributed by atoms with Gasteiger partial charge in [-0.2, -0.15) is 0 Å². The molecule has 0 unspecified atom stereocenters. The first kappa shape index (κ1) is 15.4. The van der Waals surface area contributed by atoms with E-state index in [4.69, 9.17) is 9.16 Å². The van der Waals surface area contributed by atoms with Gasteiger partial charge in [-0.25, -0.2) is 4.79 Å². The van der Waals surface area contributed by atoms with Crippen LogP contribution in [0.2, 0.25) is 5.04 Å². The van der Waals surface area contributed by atoms with Crippen LogP contribution in [0.25, 0.3) is 0 Å². The zero-order chi connectivity index (χ0) is 12.6. The Morgan fingerprint density at radius 2 is 2.00 bits per heavy atom. The maximum Gasteiger partial charge on any atom is 0.333 e. The lowest BCUT2D eigenvalue weighted by Crippen LogP contribution is -2.20. The van der Waals surface area contributed by atoms with Crippen molar-refractivity contribution in [1.29, 1.82) is 0 Å². The Morgan fingerprint density at radius 1 is 1.38 bits per heavy atom. The van der Waals surface area contributed by atoms with Crippen molar-refractivity contribution in [3.05, 3.63) is 12.2 Å². The van der Waals surface area contributed by atoms with E-state index in [0.29, 0.717) is 21.9 Å². The molecule has 0 atom stereocenters. The van der Waals surface area contributed by atoms with Crippen molar-refractivity contribution >= 4 is 15.7 Å². The van der Waals surface area contributed by atoms with Crippen LogP contribution in [0, 0.1) is 0 Å². The molecule has 0 amide bonds. The fourth-order valence-corrected chi connectivity index (χ4v) is 1.82. The van der Waals surface area contributed by atoms with Crippen molar-refractivity contribution in [2.45, 2.75) is 45.6 Å². The zero-order valence-corrected chi connectivity index (χ0v) is 11.8. The van der Waals surface area contributed by atoms with E-state index in [1.165, 1.54) is 0 Å². The van der Waals surface area contributed by atoms with E-state index >= 15 is 0 Å². The molecule has 3 nitrogen and oxygen atoms in total. The van der Waals surface area contributed by atoms with Gasteiger partial charge in [-0.05, 0) is 24.8 Å². The zero-order valence-electron chi connectivity index (χ0n) is 10.8. The summed E-state index contributed by atoms with van der Waals surface area (Å²) in [5.74, 6) is -0.311. The van der Waals surface area contributed by atoms with Crippen molar-refractivity contribution in [2.24, 2.45) is 0 Å². The molecule has 0 bridgehead atoms. The number of carbonyl (C=O) groups excluding carboxylic acids is 1. The largest absolute Gasteiger partial charge is 0.462 e. The van der Waals surface area contributed by atoms with Gasteiger partial charge in [0.2, 0.25) is 9.76 Å². The minimum atomic E-state index is -0.311. The van der Waals surface area contributed by atoms with Gasteiger partial charge in [0.15, 0.2) is 0 Å². The Hall–Kier alpha value is -0.613. The molecule has 4 heteroatoms. The maximum atomic E-state index is 11.1. The summed E-state index contributed by atoms with van der Waals surface area (Å²) in [6.45, 7) is 12.7. The molecule has 0 saturated heterocycles. The lowest BCUT2D eigenvalue weighted by Gasteiger charge is -2.22. The van der Waals surface area contributed by atoms with Gasteiger partial charge < -0.3 is 9.16 Å². The number of hydrogen-bond acceptors (Lipinski definition) is 3. The monoisotopic (exact) mass is 242 g/mol. The van der Waals surface area contributed by atoms with Crippen LogP contribution in [0.1, 0.15) is 40.5 Å². The van der Waals surface area contributed by atoms with Crippen molar-refractivity contribution in [3.8, 4) is 0 Å². The predicted molar refractivity (Wildman–Crippen MR) is 66.4 cm³/mol. The maximum absolute atomic E-state index is 11.1. The summed E-state index contributed by atoms with van der Waals surface area (Å²) >= 11 is 0. The predicted octanol–water partition coefficient (Wildman–Crippen LogP) is 2.74. The van der Waals surface area contributed by atoms with E-state index in [9.17, 15) is 4.79 Å². The molecule has 16 heavy (non-hydrogen) atoms. The van der Waals surface area contributed by atoms with Gasteiger partial charge >= 0.3 is 5.97 Å². The number of esters is 1. The highest BCUT2D eigenvalue weighted by Gasteiger charge is 2.21. The Kier molecular flexibility index (Phi) is 7.33. The number of hydrogen-bond donors (Lipinski definition) is 0. The fraction of sp³-hybridized carbons (Fsp3) is 0.750. The number of ether oxygens (including phenoxy) is 1. The third-order valence-corrected chi connectivity index (χ3v) is 3.11. The molecule has 0 aromatic carbocycles. The lowest BCUT2D eigenvalue weighted by molar-refractivity contribution is -0.139. The Bertz CT molecular complexity index is 236. The second kappa shape index (κ2) is 7.63. The molecule has 0 aromatic heterocycles. The normalized spacial score (nSPS) is 11.2. The molecular weight excluding hydrogens is 220 g/mol. The smallest absolute Gasteiger partial charge is 0.333 e. The summed E-state index contributed by atoms with van der Waals surface area (Å²) in [6.07, 6.45) is 1.85. The van der Waals surface area contributed by atoms with Crippen LogP contribution < -0.4 is 0 Å². The van der Waals surface area contributed by atoms with Gasteiger partial charge in [-0.15, -0.1) is 0 Å². The van der Waals surface area contributed by atoms with Gasteiger partial charge in [0.1, 0.15) is 0 Å². The van der Waals surface area contributed by atoms with Crippen molar-refractivity contribution in [2.75, 3.05) is 13.2 Å². The third kappa shape index (κ3) is 7.65.